The zero-order valence-electron chi connectivity index (χ0n) is 39.4. The maximum atomic E-state index is 11.4. The van der Waals surface area contributed by atoms with E-state index in [1.807, 2.05) is 62.4 Å². The third-order valence-corrected chi connectivity index (χ3v) is 10.9. The summed E-state index contributed by atoms with van der Waals surface area (Å²) >= 11 is 0. The predicted octanol–water partition coefficient (Wildman–Crippen LogP) is 12.4. The number of benzene rings is 2. The van der Waals surface area contributed by atoms with E-state index < -0.39 is 5.79 Å². The van der Waals surface area contributed by atoms with E-state index in [4.69, 9.17) is 14.2 Å². The molecule has 1 heterocycles. The Morgan fingerprint density at radius 2 is 1.42 bits per heavy atom. The molecule has 0 aromatic heterocycles. The van der Waals surface area contributed by atoms with Crippen LogP contribution < -0.4 is 0 Å². The van der Waals surface area contributed by atoms with Crippen molar-refractivity contribution in [2.75, 3.05) is 13.2 Å². The molecule has 336 valence electrons. The highest BCUT2D eigenvalue weighted by molar-refractivity contribution is 5.89. The molecule has 2 aliphatic rings. The lowest BCUT2D eigenvalue weighted by Crippen LogP contribution is -2.42. The molecule has 59 heavy (non-hydrogen) atoms. The molecule has 1 saturated carbocycles. The molecule has 1 aliphatic heterocycles. The van der Waals surface area contributed by atoms with Crippen molar-refractivity contribution >= 4 is 24.0 Å². The fourth-order valence-corrected chi connectivity index (χ4v) is 7.07. The fourth-order valence-electron chi connectivity index (χ4n) is 7.07. The van der Waals surface area contributed by atoms with Gasteiger partial charge >= 0.3 is 11.9 Å². The predicted molar refractivity (Wildman–Crippen MR) is 242 cm³/mol. The first-order valence-corrected chi connectivity index (χ1v) is 22.5. The molecule has 0 radical (unpaired) electrons. The van der Waals surface area contributed by atoms with E-state index in [-0.39, 0.29) is 23.5 Å². The zero-order chi connectivity index (χ0) is 45.0. The van der Waals surface area contributed by atoms with Gasteiger partial charge in [0, 0.05) is 25.2 Å². The van der Waals surface area contributed by atoms with Crippen LogP contribution in [-0.4, -0.2) is 54.2 Å². The van der Waals surface area contributed by atoms with E-state index in [9.17, 15) is 24.3 Å². The van der Waals surface area contributed by atoms with E-state index in [0.29, 0.717) is 54.1 Å². The number of Topliss-reactive ketones (excluding diaryl/α,β-unsaturated/α-hetero) is 1. The number of hydrogen-bond acceptors (Lipinski definition) is 8. The molecule has 4 unspecified atom stereocenters. The van der Waals surface area contributed by atoms with Gasteiger partial charge in [0.15, 0.2) is 5.79 Å². The minimum absolute atomic E-state index is 0.0577. The van der Waals surface area contributed by atoms with Crippen molar-refractivity contribution in [1.29, 1.82) is 0 Å². The van der Waals surface area contributed by atoms with Gasteiger partial charge in [0.05, 0.1) is 30.3 Å². The molecule has 4 rings (SSSR count). The van der Waals surface area contributed by atoms with Crippen LogP contribution in [0.25, 0.3) is 0 Å². The van der Waals surface area contributed by atoms with Gasteiger partial charge in [-0.25, -0.2) is 4.79 Å². The molecule has 1 aliphatic carbocycles. The normalized spacial score (nSPS) is 19.7. The Hall–Kier alpha value is -3.36. The van der Waals surface area contributed by atoms with Crippen LogP contribution in [0, 0.1) is 35.5 Å². The highest BCUT2D eigenvalue weighted by Gasteiger charge is 2.36. The van der Waals surface area contributed by atoms with Crippen molar-refractivity contribution in [1.82, 2.24) is 0 Å². The molecule has 8 nitrogen and oxygen atoms in total. The van der Waals surface area contributed by atoms with Gasteiger partial charge in [-0.05, 0) is 114 Å². The van der Waals surface area contributed by atoms with Crippen LogP contribution >= 0.6 is 0 Å². The van der Waals surface area contributed by atoms with Gasteiger partial charge in [-0.15, -0.1) is 0 Å². The summed E-state index contributed by atoms with van der Waals surface area (Å²) in [6.45, 7) is 27.5. The van der Waals surface area contributed by atoms with Crippen LogP contribution in [-0.2, 0) is 34.0 Å². The first-order chi connectivity index (χ1) is 27.7. The number of esters is 2. The van der Waals surface area contributed by atoms with Crippen molar-refractivity contribution in [2.45, 2.75) is 178 Å². The number of carbonyl (C=O) groups is 4. The van der Waals surface area contributed by atoms with Gasteiger partial charge in [0.2, 0.25) is 0 Å². The summed E-state index contributed by atoms with van der Waals surface area (Å²) in [6, 6.07) is 19.0. The van der Waals surface area contributed by atoms with Gasteiger partial charge in [0.1, 0.15) is 12.1 Å². The molecular formula is C51H84O8. The smallest absolute Gasteiger partial charge is 0.338 e. The highest BCUT2D eigenvalue weighted by Crippen LogP contribution is 2.34. The highest BCUT2D eigenvalue weighted by atomic mass is 16.6. The van der Waals surface area contributed by atoms with E-state index in [2.05, 4.69) is 62.3 Å². The van der Waals surface area contributed by atoms with Gasteiger partial charge in [-0.2, -0.15) is 0 Å². The summed E-state index contributed by atoms with van der Waals surface area (Å²) in [5.41, 5.74) is 1.43. The lowest BCUT2D eigenvalue weighted by Gasteiger charge is -2.37. The maximum absolute atomic E-state index is 11.4. The summed E-state index contributed by atoms with van der Waals surface area (Å²) < 4.78 is 15.0. The second-order valence-corrected chi connectivity index (χ2v) is 18.1. The average molecular weight is 825 g/mol. The Morgan fingerprint density at radius 3 is 1.86 bits per heavy atom. The van der Waals surface area contributed by atoms with Crippen LogP contribution in [0.4, 0.5) is 0 Å². The molecule has 2 aromatic rings. The Kier molecular flexibility index (Phi) is 28.9. The average Bonchev–Trinajstić information content (AvgIpc) is 3.17. The van der Waals surface area contributed by atoms with Crippen LogP contribution in [0.1, 0.15) is 177 Å². The molecule has 2 aromatic carbocycles. The Bertz CT molecular complexity index is 1400. The number of hydrogen-bond donors (Lipinski definition) is 1. The summed E-state index contributed by atoms with van der Waals surface area (Å²) in [5.74, 6) is 2.30. The largest absolute Gasteiger partial charge is 0.466 e. The lowest BCUT2D eigenvalue weighted by atomic mass is 9.71. The third-order valence-electron chi connectivity index (χ3n) is 10.9. The molecule has 1 N–H and O–H groups in total. The molecule has 0 amide bonds. The molecule has 0 spiro atoms. The van der Waals surface area contributed by atoms with E-state index in [1.165, 1.54) is 19.8 Å². The van der Waals surface area contributed by atoms with Crippen LogP contribution in [0.3, 0.4) is 0 Å². The molecule has 1 saturated heterocycles. The van der Waals surface area contributed by atoms with Crippen molar-refractivity contribution in [3.8, 4) is 0 Å². The first-order valence-electron chi connectivity index (χ1n) is 22.5. The maximum Gasteiger partial charge on any atom is 0.338 e. The number of aldehydes is 1. The molecule has 8 heteroatoms. The molecular weight excluding hydrogens is 741 g/mol. The Balaban J connectivity index is 0.000000717. The van der Waals surface area contributed by atoms with Crippen molar-refractivity contribution in [2.24, 2.45) is 35.5 Å². The van der Waals surface area contributed by atoms with E-state index in [1.54, 1.807) is 19.1 Å². The van der Waals surface area contributed by atoms with Gasteiger partial charge in [0.25, 0.3) is 0 Å². The topological polar surface area (TPSA) is 116 Å². The Labute approximate surface area is 360 Å². The van der Waals surface area contributed by atoms with E-state index >= 15 is 0 Å². The van der Waals surface area contributed by atoms with Gasteiger partial charge in [-0.3, -0.25) is 9.59 Å². The minimum atomic E-state index is -0.872. The van der Waals surface area contributed by atoms with Crippen LogP contribution in [0.5, 0.6) is 0 Å². The van der Waals surface area contributed by atoms with Crippen LogP contribution in [0.2, 0.25) is 0 Å². The van der Waals surface area contributed by atoms with Crippen LogP contribution in [0.15, 0.2) is 60.7 Å². The van der Waals surface area contributed by atoms with Crippen molar-refractivity contribution in [3.05, 3.63) is 71.8 Å². The van der Waals surface area contributed by atoms with E-state index in [0.717, 1.165) is 75.6 Å². The van der Waals surface area contributed by atoms with Gasteiger partial charge in [-0.1, -0.05) is 124 Å². The minimum Gasteiger partial charge on any atom is -0.466 e. The standard InChI is InChI=1S/C13H18O.C11H20O.C10H20O2.C10H12O2.C7H14O2/c1-4-13(10-14,11(2)3)12-8-6-5-7-9-12;1-9(2)7-8-10-5-3-4-6-11(10)12;1-8(2)7-9-5-4-6-12-10(9,3)11;1-8(2)12-10(11)9-6-4-3-5-7-9;1-6(2)4-5-9-7(3)8/h5-11H,4H2,1-3H3;9-10H,3-8H2,1-2H3;8-9,11H,4-7H2,1-3H3;3-8H,1-2H3;6H,4-5H2,1-3H3. The van der Waals surface area contributed by atoms with Crippen molar-refractivity contribution < 1.29 is 38.5 Å². The fraction of sp³-hybridized carbons (Fsp3) is 0.686. The number of ether oxygens (including phenoxy) is 3. The van der Waals surface area contributed by atoms with Gasteiger partial charge < -0.3 is 24.1 Å². The zero-order valence-corrected chi connectivity index (χ0v) is 39.4. The SMILES string of the molecule is CC(=O)OCCC(C)C.CC(C)CC1CCCOC1(C)O.CC(C)CCC1CCCCC1=O.CC(C)OC(=O)c1ccccc1.CCC(C=O)(c1ccccc1)C(C)C. The first kappa shape index (κ1) is 55.6. The monoisotopic (exact) mass is 825 g/mol. The second kappa shape index (κ2) is 30.6. The summed E-state index contributed by atoms with van der Waals surface area (Å²) in [6.07, 6.45) is 12.9. The molecule has 4 atom stereocenters. The third kappa shape index (κ3) is 24.5. The number of ketones is 1. The Morgan fingerprint density at radius 1 is 0.847 bits per heavy atom. The number of rotatable bonds is 14. The number of aliphatic hydroxyl groups is 1. The number of carbonyl (C=O) groups excluding carboxylic acids is 4. The summed E-state index contributed by atoms with van der Waals surface area (Å²) in [7, 11) is 0. The summed E-state index contributed by atoms with van der Waals surface area (Å²) in [5, 5.41) is 9.86. The lowest BCUT2D eigenvalue weighted by molar-refractivity contribution is -0.247. The molecule has 2 fully saturated rings. The quantitative estimate of drug-likeness (QED) is 0.148. The summed E-state index contributed by atoms with van der Waals surface area (Å²) in [4.78, 5) is 44.1. The second-order valence-electron chi connectivity index (χ2n) is 18.1. The molecule has 0 bridgehead atoms. The van der Waals surface area contributed by atoms with Crippen molar-refractivity contribution in [3.63, 3.8) is 0 Å².